The first-order chi connectivity index (χ1) is 8.85. The summed E-state index contributed by atoms with van der Waals surface area (Å²) in [4.78, 5) is 22.9. The number of carbonyl (C=O) groups excluding carboxylic acids is 2. The molecule has 104 valence electrons. The molecule has 0 spiro atoms. The van der Waals surface area contributed by atoms with Crippen LogP contribution in [0.4, 0.5) is 11.4 Å². The van der Waals surface area contributed by atoms with Crippen molar-refractivity contribution in [2.75, 3.05) is 10.6 Å². The monoisotopic (exact) mass is 263 g/mol. The molecule has 5 nitrogen and oxygen atoms in total. The standard InChI is InChI=1S/C14H21N3O2/c1-4-9-14(3,15)13(19)17-12-7-5-11(6-8-12)16-10(2)18/h5-8H,4,9,15H2,1-3H3,(H,16,18)(H,17,19). The zero-order valence-electron chi connectivity index (χ0n) is 11.6. The topological polar surface area (TPSA) is 84.2 Å². The quantitative estimate of drug-likeness (QED) is 0.760. The van der Waals surface area contributed by atoms with Crippen LogP contribution in [0.5, 0.6) is 0 Å². The van der Waals surface area contributed by atoms with Crippen LogP contribution < -0.4 is 16.4 Å². The minimum absolute atomic E-state index is 0.130. The van der Waals surface area contributed by atoms with Gasteiger partial charge in [-0.2, -0.15) is 0 Å². The third-order valence-electron chi connectivity index (χ3n) is 2.75. The van der Waals surface area contributed by atoms with Gasteiger partial charge in [-0.1, -0.05) is 13.3 Å². The lowest BCUT2D eigenvalue weighted by Gasteiger charge is -2.22. The average molecular weight is 263 g/mol. The zero-order chi connectivity index (χ0) is 14.5. The zero-order valence-corrected chi connectivity index (χ0v) is 11.6. The van der Waals surface area contributed by atoms with Gasteiger partial charge in [0.2, 0.25) is 11.8 Å². The Bertz CT molecular complexity index is 452. The van der Waals surface area contributed by atoms with Crippen molar-refractivity contribution in [3.05, 3.63) is 24.3 Å². The van der Waals surface area contributed by atoms with Crippen LogP contribution in [0.2, 0.25) is 0 Å². The van der Waals surface area contributed by atoms with E-state index in [2.05, 4.69) is 10.6 Å². The predicted molar refractivity (Wildman–Crippen MR) is 76.9 cm³/mol. The van der Waals surface area contributed by atoms with Crippen LogP contribution in [0.1, 0.15) is 33.6 Å². The van der Waals surface area contributed by atoms with Crippen molar-refractivity contribution in [2.24, 2.45) is 5.73 Å². The van der Waals surface area contributed by atoms with Crippen molar-refractivity contribution in [2.45, 2.75) is 39.2 Å². The Morgan fingerprint density at radius 1 is 1.16 bits per heavy atom. The molecular weight excluding hydrogens is 242 g/mol. The van der Waals surface area contributed by atoms with Crippen molar-refractivity contribution in [1.82, 2.24) is 0 Å². The van der Waals surface area contributed by atoms with E-state index in [9.17, 15) is 9.59 Å². The molecule has 0 fully saturated rings. The van der Waals surface area contributed by atoms with Crippen molar-refractivity contribution in [1.29, 1.82) is 0 Å². The Labute approximate surface area is 113 Å². The van der Waals surface area contributed by atoms with Crippen molar-refractivity contribution in [3.8, 4) is 0 Å². The molecule has 1 unspecified atom stereocenters. The normalized spacial score (nSPS) is 13.5. The molecule has 2 amide bonds. The third-order valence-corrected chi connectivity index (χ3v) is 2.75. The molecule has 0 saturated heterocycles. The fourth-order valence-electron chi connectivity index (χ4n) is 1.75. The minimum atomic E-state index is -0.870. The molecule has 0 radical (unpaired) electrons. The van der Waals surface area contributed by atoms with Crippen LogP contribution in [-0.2, 0) is 9.59 Å². The summed E-state index contributed by atoms with van der Waals surface area (Å²) in [5.41, 5.74) is 6.42. The number of anilines is 2. The van der Waals surface area contributed by atoms with E-state index in [1.54, 1.807) is 31.2 Å². The Morgan fingerprint density at radius 2 is 1.63 bits per heavy atom. The number of nitrogens with two attached hydrogens (primary N) is 1. The molecule has 0 saturated carbocycles. The number of hydrogen-bond acceptors (Lipinski definition) is 3. The molecule has 0 aliphatic heterocycles. The molecule has 0 heterocycles. The molecule has 1 aromatic carbocycles. The molecule has 0 aliphatic rings. The van der Waals surface area contributed by atoms with E-state index in [0.29, 0.717) is 17.8 Å². The van der Waals surface area contributed by atoms with Gasteiger partial charge in [0.25, 0.3) is 0 Å². The number of amides is 2. The lowest BCUT2D eigenvalue weighted by atomic mass is 9.96. The van der Waals surface area contributed by atoms with Gasteiger partial charge < -0.3 is 16.4 Å². The number of nitrogens with one attached hydrogen (secondary N) is 2. The van der Waals surface area contributed by atoms with Gasteiger partial charge in [-0.25, -0.2) is 0 Å². The van der Waals surface area contributed by atoms with E-state index in [0.717, 1.165) is 6.42 Å². The van der Waals surface area contributed by atoms with Gasteiger partial charge in [0.1, 0.15) is 0 Å². The number of hydrogen-bond donors (Lipinski definition) is 3. The summed E-state index contributed by atoms with van der Waals surface area (Å²) in [7, 11) is 0. The van der Waals surface area contributed by atoms with Crippen LogP contribution in [0, 0.1) is 0 Å². The number of benzene rings is 1. The van der Waals surface area contributed by atoms with E-state index in [4.69, 9.17) is 5.73 Å². The van der Waals surface area contributed by atoms with E-state index in [1.807, 2.05) is 6.92 Å². The van der Waals surface area contributed by atoms with Gasteiger partial charge in [-0.3, -0.25) is 9.59 Å². The molecule has 1 atom stereocenters. The minimum Gasteiger partial charge on any atom is -0.326 e. The Morgan fingerprint density at radius 3 is 2.05 bits per heavy atom. The van der Waals surface area contributed by atoms with Crippen molar-refractivity contribution < 1.29 is 9.59 Å². The predicted octanol–water partition coefficient (Wildman–Crippen LogP) is 2.10. The fraction of sp³-hybridized carbons (Fsp3) is 0.429. The van der Waals surface area contributed by atoms with Crippen molar-refractivity contribution >= 4 is 23.2 Å². The van der Waals surface area contributed by atoms with Gasteiger partial charge >= 0.3 is 0 Å². The van der Waals surface area contributed by atoms with Crippen LogP contribution in [0.3, 0.4) is 0 Å². The van der Waals surface area contributed by atoms with Crippen LogP contribution in [0.25, 0.3) is 0 Å². The number of rotatable bonds is 5. The Hall–Kier alpha value is -1.88. The van der Waals surface area contributed by atoms with Crippen LogP contribution in [0.15, 0.2) is 24.3 Å². The van der Waals surface area contributed by atoms with Gasteiger partial charge in [0, 0.05) is 18.3 Å². The summed E-state index contributed by atoms with van der Waals surface area (Å²) in [5.74, 6) is -0.337. The second-order valence-electron chi connectivity index (χ2n) is 4.88. The van der Waals surface area contributed by atoms with E-state index in [-0.39, 0.29) is 11.8 Å². The first-order valence-electron chi connectivity index (χ1n) is 6.33. The van der Waals surface area contributed by atoms with Crippen LogP contribution in [-0.4, -0.2) is 17.4 Å². The molecule has 4 N–H and O–H groups in total. The Kier molecular flexibility index (Phi) is 5.06. The summed E-state index contributed by atoms with van der Waals surface area (Å²) in [6.07, 6.45) is 1.48. The lowest BCUT2D eigenvalue weighted by molar-refractivity contribution is -0.120. The molecular formula is C14H21N3O2. The lowest BCUT2D eigenvalue weighted by Crippen LogP contribution is -2.48. The molecule has 0 bridgehead atoms. The molecule has 0 aliphatic carbocycles. The Balaban J connectivity index is 2.67. The van der Waals surface area contributed by atoms with Gasteiger partial charge in [0.15, 0.2) is 0 Å². The fourth-order valence-corrected chi connectivity index (χ4v) is 1.75. The molecule has 5 heteroatoms. The maximum Gasteiger partial charge on any atom is 0.244 e. The van der Waals surface area contributed by atoms with E-state index < -0.39 is 5.54 Å². The third kappa shape index (κ3) is 4.71. The molecule has 19 heavy (non-hydrogen) atoms. The summed E-state index contributed by atoms with van der Waals surface area (Å²) in [6, 6.07) is 6.91. The molecule has 0 aromatic heterocycles. The second-order valence-corrected chi connectivity index (χ2v) is 4.88. The smallest absolute Gasteiger partial charge is 0.244 e. The summed E-state index contributed by atoms with van der Waals surface area (Å²) in [5, 5.41) is 5.43. The van der Waals surface area contributed by atoms with E-state index in [1.165, 1.54) is 6.92 Å². The highest BCUT2D eigenvalue weighted by Crippen LogP contribution is 2.16. The molecule has 1 rings (SSSR count). The van der Waals surface area contributed by atoms with Crippen LogP contribution >= 0.6 is 0 Å². The maximum atomic E-state index is 12.0. The largest absolute Gasteiger partial charge is 0.326 e. The van der Waals surface area contributed by atoms with Crippen molar-refractivity contribution in [3.63, 3.8) is 0 Å². The summed E-state index contributed by atoms with van der Waals surface area (Å²) >= 11 is 0. The second kappa shape index (κ2) is 6.33. The van der Waals surface area contributed by atoms with Gasteiger partial charge in [-0.05, 0) is 37.6 Å². The maximum absolute atomic E-state index is 12.0. The SMILES string of the molecule is CCCC(C)(N)C(=O)Nc1ccc(NC(C)=O)cc1. The summed E-state index contributed by atoms with van der Waals surface area (Å²) < 4.78 is 0. The average Bonchev–Trinajstić information content (AvgIpc) is 2.30. The molecule has 1 aromatic rings. The van der Waals surface area contributed by atoms with Gasteiger partial charge in [0.05, 0.1) is 5.54 Å². The first kappa shape index (κ1) is 15.2. The highest BCUT2D eigenvalue weighted by molar-refractivity contribution is 5.98. The number of carbonyl (C=O) groups is 2. The highest BCUT2D eigenvalue weighted by atomic mass is 16.2. The van der Waals surface area contributed by atoms with E-state index >= 15 is 0 Å². The highest BCUT2D eigenvalue weighted by Gasteiger charge is 2.26. The first-order valence-corrected chi connectivity index (χ1v) is 6.33. The van der Waals surface area contributed by atoms with Gasteiger partial charge in [-0.15, -0.1) is 0 Å². The summed E-state index contributed by atoms with van der Waals surface area (Å²) in [6.45, 7) is 5.15.